The molecular formula is C14H69ClN2O4P32S2. The van der Waals surface area contributed by atoms with Gasteiger partial charge in [0.2, 0.25) is 0 Å². The smallest absolute Gasteiger partial charge is 0.384 e. The fourth-order valence-electron chi connectivity index (χ4n) is 1.00. The molecule has 0 saturated carbocycles. The number of halogens is 1. The lowest BCUT2D eigenvalue weighted by Gasteiger charge is -2.29. The first-order valence-electron chi connectivity index (χ1n) is 11.8. The van der Waals surface area contributed by atoms with Crippen LogP contribution in [0.1, 0.15) is 20.8 Å². The van der Waals surface area contributed by atoms with Gasteiger partial charge < -0.3 is 17.0 Å². The van der Waals surface area contributed by atoms with Crippen LogP contribution in [0.4, 0.5) is 0 Å². The Labute approximate surface area is 406 Å². The van der Waals surface area contributed by atoms with E-state index in [1.54, 1.807) is 0 Å². The van der Waals surface area contributed by atoms with Gasteiger partial charge in [-0.15, -0.1) is 216 Å². The van der Waals surface area contributed by atoms with Gasteiger partial charge in [0.1, 0.15) is 6.61 Å². The standard InChI is InChI=1S/C4H6.C3H7ClS.C3H5N.C3H4O.CH4.H3N.O3S.H13P11.H12P10.H11P9.H4P2/c1-3-4-2;1-5(2,3)4;2*1-2-3-4;;;1-4(2)3;1-7-10(6)11(8(2)3)9(4)5;1-7(2)10(8(3)4)9(5)6;1-6-9(7(2)3)8(4)5;1-2/h1H,4H2,2H3;1-2H2,3H3;1H,3-4H2;1,4H,3H2;1H4;1H3;;7H,1-6H2;1-6H2;6H,1-5H2;1-2H2. The Hall–Kier alpha value is 12.3. The molecule has 0 fully saturated rings. The third-order valence-corrected chi connectivity index (χ3v) is 155. The van der Waals surface area contributed by atoms with Gasteiger partial charge in [0.15, 0.2) is 0 Å². The Balaban J connectivity index is -0.0000000457. The highest BCUT2D eigenvalue weighted by molar-refractivity contribution is 9.19. The summed E-state index contributed by atoms with van der Waals surface area (Å²) in [6.07, 6.45) is 16.6. The van der Waals surface area contributed by atoms with E-state index in [0.717, 1.165) is 22.3 Å². The molecule has 22 unspecified atom stereocenters. The van der Waals surface area contributed by atoms with E-state index in [-0.39, 0.29) is 90.1 Å². The van der Waals surface area contributed by atoms with Gasteiger partial charge in [-0.25, -0.2) is 0 Å². The van der Waals surface area contributed by atoms with Crippen LogP contribution in [-0.2, 0) is 10.6 Å². The molecule has 0 amide bonds. The lowest BCUT2D eigenvalue weighted by atomic mass is 10.5. The molecule has 41 heteroatoms. The molecule has 0 aliphatic heterocycles. The van der Waals surface area contributed by atoms with Crippen LogP contribution in [0.2, 0.25) is 0 Å². The number of terminal acetylenes is 3. The van der Waals surface area contributed by atoms with Gasteiger partial charge in [-0.2, -0.15) is 0 Å². The predicted molar refractivity (Wildman–Crippen MR) is 385 cm³/mol. The van der Waals surface area contributed by atoms with Crippen LogP contribution in [-0.4, -0.2) is 48.9 Å². The molecule has 0 aromatic rings. The van der Waals surface area contributed by atoms with Crippen molar-refractivity contribution in [3.8, 4) is 37.0 Å². The Morgan fingerprint density at radius 2 is 0.891 bits per heavy atom. The fourth-order valence-corrected chi connectivity index (χ4v) is 244. The highest BCUT2D eigenvalue weighted by atomic mass is 35.7. The molecule has 0 aromatic heterocycles. The largest absolute Gasteiger partial charge is 0.425 e. The third kappa shape index (κ3) is 104. The van der Waals surface area contributed by atoms with Crippen LogP contribution < -0.4 is 11.9 Å². The van der Waals surface area contributed by atoms with Crippen LogP contribution in [0.25, 0.3) is 0 Å². The van der Waals surface area contributed by atoms with E-state index in [0.29, 0.717) is 13.5 Å². The second-order valence-electron chi connectivity index (χ2n) is 6.78. The Morgan fingerprint density at radius 3 is 0.909 bits per heavy atom. The maximum Gasteiger partial charge on any atom is 0.425 e. The first-order chi connectivity index (χ1) is 24.0. The summed E-state index contributed by atoms with van der Waals surface area (Å²) in [6, 6.07) is 0. The van der Waals surface area contributed by atoms with Crippen LogP contribution in [0, 0.1) is 37.0 Å². The van der Waals surface area contributed by atoms with Crippen molar-refractivity contribution in [2.45, 2.75) is 20.8 Å². The average Bonchev–Trinajstić information content (AvgIpc) is 3.00. The quantitative estimate of drug-likeness (QED) is 0.113. The molecule has 0 radical (unpaired) electrons. The van der Waals surface area contributed by atoms with E-state index < -0.39 is 19.0 Å². The minimum atomic E-state index is -3.11. The second-order valence-corrected chi connectivity index (χ2v) is 118. The molecule has 55 heavy (non-hydrogen) atoms. The van der Waals surface area contributed by atoms with E-state index in [1.807, 2.05) is 19.1 Å². The summed E-state index contributed by atoms with van der Waals surface area (Å²) in [5.74, 6) is 13.6. The summed E-state index contributed by atoms with van der Waals surface area (Å²) in [7, 11) is 58.0. The zero-order chi connectivity index (χ0) is 45.1. The Bertz CT molecular complexity index is 1010. The van der Waals surface area contributed by atoms with E-state index in [9.17, 15) is 0 Å². The first kappa shape index (κ1) is 93.3. The van der Waals surface area contributed by atoms with Gasteiger partial charge >= 0.3 is 10.6 Å². The van der Waals surface area contributed by atoms with Gasteiger partial charge in [0.05, 0.1) is 6.54 Å². The molecule has 6 N–H and O–H groups in total. The molecule has 0 aliphatic rings. The molecule has 0 spiro atoms. The van der Waals surface area contributed by atoms with E-state index in [4.69, 9.17) is 40.6 Å². The van der Waals surface area contributed by atoms with Crippen molar-refractivity contribution < 1.29 is 17.7 Å². The van der Waals surface area contributed by atoms with Crippen molar-refractivity contribution in [3.63, 3.8) is 0 Å². The number of aliphatic hydroxyl groups excluding tert-OH is 1. The number of aliphatic hydroxyl groups is 1. The number of hydrogen-bond acceptors (Lipinski definition) is 6. The molecule has 6 nitrogen and oxygen atoms in total. The third-order valence-electron chi connectivity index (χ3n) is 2.32. The molecular weight excluding hydrogens is 1350 g/mol. The zero-order valence-corrected chi connectivity index (χ0v) is 66.0. The summed E-state index contributed by atoms with van der Waals surface area (Å²) in [5.41, 5.74) is 4.79. The van der Waals surface area contributed by atoms with Crippen molar-refractivity contribution in [1.82, 2.24) is 6.15 Å². The SMILES string of the molecule is C.C#CCC.C#CCN.C#CCO.C=S(=C)(C)Cl.N.O=S(=O)=O.PP.PP(P)P(P(P)P)P(P)P.PPP(P(P)P)P(P)P.PPP(P)P(P(P)P)P(P)P. The van der Waals surface area contributed by atoms with E-state index in [1.165, 1.54) is 0 Å². The Kier molecular flexibility index (Phi) is 124. The number of rotatable bonds is 10. The van der Waals surface area contributed by atoms with Crippen molar-refractivity contribution in [1.29, 1.82) is 0 Å². The van der Waals surface area contributed by atoms with Gasteiger partial charge in [0.25, 0.3) is 0 Å². The summed E-state index contributed by atoms with van der Waals surface area (Å²) in [5, 5.41) is 7.64. The van der Waals surface area contributed by atoms with Crippen LogP contribution >= 0.6 is 282 Å². The van der Waals surface area contributed by atoms with Crippen LogP contribution in [0.15, 0.2) is 0 Å². The minimum Gasteiger partial charge on any atom is -0.384 e. The highest BCUT2D eigenvalue weighted by Gasteiger charge is 2.23. The monoisotopic (exact) mass is 1420 g/mol. The normalized spacial score (nSPS) is 10.4. The predicted octanol–water partition coefficient (Wildman–Crippen LogP) is 18.3. The van der Waals surface area contributed by atoms with Gasteiger partial charge in [-0.1, -0.05) is 64.5 Å². The maximum atomic E-state index is 8.44. The molecule has 0 heterocycles. The maximum absolute atomic E-state index is 8.44. The average molecular weight is 1420 g/mol. The fraction of sp³-hybridized carbons (Fsp3) is 0.429. The summed E-state index contributed by atoms with van der Waals surface area (Å²) in [6.45, 7) is 4.17. The van der Waals surface area contributed by atoms with Gasteiger partial charge in [0, 0.05) is 6.42 Å². The van der Waals surface area contributed by atoms with Crippen molar-refractivity contribution >= 4 is 304 Å². The van der Waals surface area contributed by atoms with Gasteiger partial charge in [-0.3, -0.25) is 0 Å². The highest BCUT2D eigenvalue weighted by Crippen LogP contribution is 3.13. The lowest BCUT2D eigenvalue weighted by Crippen LogP contribution is -1.91. The van der Waals surface area contributed by atoms with Crippen LogP contribution in [0.5, 0.6) is 0 Å². The van der Waals surface area contributed by atoms with Crippen molar-refractivity contribution in [3.05, 3.63) is 0 Å². The molecule has 0 aliphatic carbocycles. The van der Waals surface area contributed by atoms with Crippen molar-refractivity contribution in [2.24, 2.45) is 5.73 Å². The minimum absolute atomic E-state index is 0. The summed E-state index contributed by atoms with van der Waals surface area (Å²) >= 11 is 0. The van der Waals surface area contributed by atoms with Crippen LogP contribution in [0.3, 0.4) is 0 Å². The zero-order valence-electron chi connectivity index (χ0n) is 29.8. The molecule has 338 valence electrons. The first-order valence-corrected chi connectivity index (χ1v) is 70.7. The summed E-state index contributed by atoms with van der Waals surface area (Å²) < 4.78 is 25.3. The Morgan fingerprint density at radius 1 is 0.691 bits per heavy atom. The second kappa shape index (κ2) is 72.9. The molecule has 22 atom stereocenters. The number of nitrogens with two attached hydrogens (primary N) is 1. The number of hydrogen-bond donors (Lipinski definition) is 3. The molecule has 0 aromatic carbocycles. The molecule has 0 saturated heterocycles. The van der Waals surface area contributed by atoms with Gasteiger partial charge in [-0.05, 0) is 83.1 Å². The van der Waals surface area contributed by atoms with Crippen molar-refractivity contribution in [2.75, 3.05) is 19.4 Å². The molecule has 0 bridgehead atoms. The molecule has 0 rings (SSSR count). The summed E-state index contributed by atoms with van der Waals surface area (Å²) in [4.78, 5) is 0. The topological polar surface area (TPSA) is 132 Å². The van der Waals surface area contributed by atoms with E-state index >= 15 is 0 Å². The van der Waals surface area contributed by atoms with E-state index in [2.05, 4.69) is 206 Å². The lowest BCUT2D eigenvalue weighted by molar-refractivity contribution is 0.351.